The molecule has 23 N–H and O–H groups in total. The third-order valence-electron chi connectivity index (χ3n) is 13.7. The summed E-state index contributed by atoms with van der Waals surface area (Å²) in [6.07, 6.45) is 2.37. The number of aromatic nitrogens is 4. The number of ether oxygens (including phenoxy) is 1. The topological polar surface area (TPSA) is 642 Å². The molecule has 37 nitrogen and oxygen atoms in total. The number of benzene rings is 8. The van der Waals surface area contributed by atoms with E-state index >= 15 is 0 Å². The van der Waals surface area contributed by atoms with Crippen LogP contribution in [0.4, 0.5) is 82.8 Å². The van der Waals surface area contributed by atoms with E-state index in [0.717, 1.165) is 51.4 Å². The summed E-state index contributed by atoms with van der Waals surface area (Å²) < 4.78 is 152. The SMILES string of the molecule is C.C.CC(=O)O.CC(O)O.CC1CNCCN1C(=O)OC(C)(C)C.CCO.Fc1c(Br)c(Cl)cc2c(Cl)ncnc12.N=CN.N[N-]O.Nc1c(C(=O)O)cc(Cl)c(Br)c1F.Nc1c(C(=O)O)ccc(Br)c1F.Nc1cccc(Br)c1F.O=C(/C=N/O)Nc1cccc(Br)c1F.O=C1Nc2c(ccc(Br)c2F)C1=O.O=S(Cl)Cl.O=[N+]([O-])c1cccc(Br)c1F.O=c1[nH]cnc2c(F)c(Br)c(Cl)cc12.[2H]CF.[2H]CF.[Na+]. The molecule has 63 heteroatoms. The number of aliphatic hydroxyl groups is 3. The van der Waals surface area contributed by atoms with Crippen molar-refractivity contribution in [2.45, 2.75) is 81.3 Å². The first-order valence-corrected chi connectivity index (χ1v) is 46.3. The van der Waals surface area contributed by atoms with Crippen molar-refractivity contribution < 1.29 is 165 Å². The van der Waals surface area contributed by atoms with Gasteiger partial charge in [-0.1, -0.05) is 84.6 Å². The Morgan fingerprint density at radius 1 is 0.718 bits per heavy atom. The molecule has 2 aromatic heterocycles. The number of amides is 3. The Morgan fingerprint density at radius 2 is 1.12 bits per heavy atom. The summed E-state index contributed by atoms with van der Waals surface area (Å²) in [5.41, 5.74) is 19.7. The normalized spacial score (nSPS) is 11.2. The number of Topliss-reactive ketones (excluding diaryl/α,β-unsaturated/α-hetero) is 1. The molecule has 0 radical (unpaired) electrons. The molecule has 784 valence electrons. The number of hydrogen-bond donors (Lipinski definition) is 18. The molecule has 0 bridgehead atoms. The van der Waals surface area contributed by atoms with Gasteiger partial charge in [-0.15, -0.1) is 0 Å². The number of fused-ring (bicyclic) bond motifs is 3. The second-order valence-electron chi connectivity index (χ2n) is 24.6. The zero-order valence-electron chi connectivity index (χ0n) is 74.4. The van der Waals surface area contributed by atoms with Crippen LogP contribution in [0.5, 0.6) is 0 Å². The zero-order chi connectivity index (χ0) is 111. The van der Waals surface area contributed by atoms with Gasteiger partial charge in [-0.05, 0) is 242 Å². The van der Waals surface area contributed by atoms with Crippen molar-refractivity contribution in [2.75, 3.05) is 68.4 Å². The van der Waals surface area contributed by atoms with Gasteiger partial charge >= 0.3 is 53.3 Å². The van der Waals surface area contributed by atoms with Crippen LogP contribution < -0.4 is 79.8 Å². The number of nitro groups is 1. The molecule has 0 aliphatic carbocycles. The van der Waals surface area contributed by atoms with E-state index in [9.17, 15) is 87.6 Å². The molecule has 8 aromatic carbocycles. The number of nitro benzene ring substituents is 1. The first-order valence-electron chi connectivity index (χ1n) is 37.1. The van der Waals surface area contributed by atoms with Crippen LogP contribution in [0.25, 0.3) is 27.4 Å². The Balaban J connectivity index is -0.000000233. The number of halogens is 24. The molecule has 10 aromatic rings. The second-order valence-corrected chi connectivity index (χ2v) is 35.3. The van der Waals surface area contributed by atoms with Crippen LogP contribution in [-0.2, 0) is 28.3 Å². The van der Waals surface area contributed by atoms with Gasteiger partial charge in [-0.2, -0.15) is 4.39 Å². The molecule has 4 heterocycles. The van der Waals surface area contributed by atoms with Crippen molar-refractivity contribution in [2.24, 2.45) is 16.7 Å². The second kappa shape index (κ2) is 80.2. The number of ketones is 1. The van der Waals surface area contributed by atoms with E-state index in [1.165, 1.54) is 80.0 Å². The Bertz CT molecular complexity index is 5870. The van der Waals surface area contributed by atoms with E-state index in [-0.39, 0.29) is 171 Å². The number of rotatable bonds is 5. The number of H-pyrrole nitrogens is 1. The fourth-order valence-electron chi connectivity index (χ4n) is 8.29. The van der Waals surface area contributed by atoms with Gasteiger partial charge in [0.25, 0.3) is 29.1 Å². The third kappa shape index (κ3) is 57.2. The van der Waals surface area contributed by atoms with Crippen molar-refractivity contribution in [1.29, 1.82) is 5.41 Å². The molecule has 1 saturated heterocycles. The van der Waals surface area contributed by atoms with Gasteiger partial charge < -0.3 is 106 Å². The number of nitrogen functional groups attached to an aromatic ring is 3. The van der Waals surface area contributed by atoms with Crippen LogP contribution in [0.1, 0.15) is 97.1 Å². The maximum atomic E-state index is 13.6. The Kier molecular flexibility index (Phi) is 81.7. The van der Waals surface area contributed by atoms with Crippen LogP contribution in [-0.4, -0.2) is 188 Å². The van der Waals surface area contributed by atoms with Crippen LogP contribution in [0, 0.1) is 62.1 Å². The minimum Gasteiger partial charge on any atom is -0.488 e. The first kappa shape index (κ1) is 145. The summed E-state index contributed by atoms with van der Waals surface area (Å²) in [5.74, 6) is -6.71. The van der Waals surface area contributed by atoms with Crippen molar-refractivity contribution in [3.63, 3.8) is 0 Å². The maximum Gasteiger partial charge on any atom is 1.00 e. The molecular weight excluding hydrogens is 2600 g/mol. The van der Waals surface area contributed by atoms with Crippen LogP contribution >= 0.6 is 195 Å². The fraction of sp³-hybridized carbons (Fsp3) is 0.228. The number of aliphatic carboxylic acids is 1. The fourth-order valence-corrected chi connectivity index (χ4v) is 11.8. The number of anilines is 5. The van der Waals surface area contributed by atoms with E-state index in [1.54, 1.807) is 30.0 Å². The van der Waals surface area contributed by atoms with Gasteiger partial charge in [-0.3, -0.25) is 48.3 Å². The summed E-state index contributed by atoms with van der Waals surface area (Å²) in [7, 11) is 5.36. The number of aromatic carboxylic acids is 2. The number of oxime groups is 1. The van der Waals surface area contributed by atoms with Gasteiger partial charge in [-0.25, -0.2) is 64.3 Å². The number of alkyl halides is 2. The summed E-state index contributed by atoms with van der Waals surface area (Å²) in [5, 5.41) is 89.5. The van der Waals surface area contributed by atoms with E-state index in [0.29, 0.717) is 16.1 Å². The number of aromatic amines is 1. The molecule has 0 spiro atoms. The number of carboxylic acids is 3. The smallest absolute Gasteiger partial charge is 0.488 e. The number of carboxylic acid groups (broad SMARTS) is 3. The summed E-state index contributed by atoms with van der Waals surface area (Å²) in [4.78, 5) is 110. The standard InChI is InChI=1S/C10H20N2O2.C8H2BrCl2FN2.C8H3BrClFN2O.C8H6BrFN2O2.C8H3BrFNO2.C7H4BrClFNO2.C7H5BrFNO2.C6H3BrFNO2.C6H5BrFN.C2H6O2.C2H4O2.C2H6O.2CH3F.CH4N2.2CH4.Cl2OS.H3N2O.Na/c1-8-7-11-5-6-12(8)9(13)14-10(2,3)4;9-5-4(10)1-3-7(6(5)12)13-2-14-8(3)11;9-5-4(10)1-3-7(6(5)11)12-2-13-8(3)14;9-5-2-1-3-6(8(5)10)12-7(13)4-11-14;9-4-2-1-3-6(5(4)10)11-8(13)7(3)12;8-4-3(9)1-2(7(12)13)6(11)5(4)10;8-4-2-1-3(7(11)12)6(10)5(4)9;7-4-2-1-3-5(6(4)8)9(10)11;7-4-2-1-3-5(9)6(4)8;2*1-2(3)4;1-2-3;2*1-2;2-1-3;;;1-4(2)3;1-2-3;/h8,11H,5-7H2,1-4H3;1-2H;1-2H,(H,12,13,14);1-4,14H,(H,12,13);1-2H,(H,11,12,13);1H,11H2,(H,12,13);1-2H,10H2,(H,11,12);1-3H;1-3H,9H2;2-4H,1H3;1H3,(H,3,4);3H,2H2,1H3;2*1H3;1H,(H3,2,3);2*1H4;;3H,1H2;/q;;;;;;;;;;;;;;;;;;-1;+1/b;;;11-4+;;;;;;;;;;;;;;;;/i;;;;;;;;;;;;2*1D;;;;;;. The van der Waals surface area contributed by atoms with Gasteiger partial charge in [0.2, 0.25) is 15.0 Å². The first-order chi connectivity index (χ1) is 65.5. The Morgan fingerprint density at radius 3 is 1.55 bits per heavy atom. The quantitative estimate of drug-likeness (QED) is 0.00604. The number of carbonyl (C=O) groups is 7. The molecular formula is C79H88Br8Cl6F10N17NaO20S. The number of nitrogens with two attached hydrogens (primary N) is 5. The van der Waals surface area contributed by atoms with Gasteiger partial charge in [0.1, 0.15) is 40.6 Å². The predicted octanol–water partition coefficient (Wildman–Crippen LogP) is 19.4. The minimum absolute atomic E-state index is 0. The van der Waals surface area contributed by atoms with E-state index in [1.807, 2.05) is 33.3 Å². The Hall–Kier alpha value is -7.98. The Labute approximate surface area is 927 Å². The van der Waals surface area contributed by atoms with Crippen LogP contribution in [0.3, 0.4) is 0 Å². The average Bonchev–Trinajstić information content (AvgIpc) is 1.38. The zero-order valence-corrected chi connectivity index (χ0v) is 92.5. The minimum atomic E-state index is -1.67. The molecule has 2 aliphatic heterocycles. The summed E-state index contributed by atoms with van der Waals surface area (Å²) >= 11 is 46.2. The number of piperazine rings is 1. The molecule has 0 saturated carbocycles. The van der Waals surface area contributed by atoms with Crippen molar-refractivity contribution in [3.05, 3.63) is 255 Å². The molecule has 3 amide bonds. The monoisotopic (exact) mass is 2680 g/mol. The maximum absolute atomic E-state index is 13.6. The van der Waals surface area contributed by atoms with Crippen molar-refractivity contribution >= 4 is 315 Å². The predicted molar refractivity (Wildman–Crippen MR) is 552 cm³/mol. The molecule has 12 rings (SSSR count). The van der Waals surface area contributed by atoms with Crippen molar-refractivity contribution in [3.8, 4) is 0 Å². The summed E-state index contributed by atoms with van der Waals surface area (Å²) in [6.45, 7) is 14.4. The van der Waals surface area contributed by atoms with Gasteiger partial charge in [0.15, 0.2) is 40.7 Å². The number of carbonyl (C=O) groups excluding carboxylic acids is 4. The number of nitrogens with one attached hydrogen (secondary N) is 5. The number of nitrogens with zero attached hydrogens (tertiary/aromatic N) is 7. The van der Waals surface area contributed by atoms with E-state index in [2.05, 4.69) is 201 Å². The van der Waals surface area contributed by atoms with E-state index < -0.39 is 139 Å². The third-order valence-corrected chi connectivity index (χ3v) is 21.0. The average molecular weight is 2690 g/mol. The van der Waals surface area contributed by atoms with Gasteiger partial charge in [0, 0.05) is 72.0 Å². The van der Waals surface area contributed by atoms with E-state index in [4.69, 9.17) is 127 Å². The molecule has 1 atom stereocenters. The molecule has 1 fully saturated rings. The number of aliphatic hydroxyl groups excluding tert-OH is 2. The van der Waals surface area contributed by atoms with Crippen LogP contribution in [0.2, 0.25) is 20.2 Å². The molecule has 2 aliphatic rings. The van der Waals surface area contributed by atoms with Gasteiger partial charge in [0.05, 0.1) is 136 Å². The number of hydrogen-bond acceptors (Lipinski definition) is 27. The molecule has 142 heavy (non-hydrogen) atoms. The van der Waals surface area contributed by atoms with Crippen LogP contribution in [0.15, 0.2) is 155 Å². The van der Waals surface area contributed by atoms with Crippen molar-refractivity contribution in [1.82, 2.24) is 30.2 Å². The summed E-state index contributed by atoms with van der Waals surface area (Å²) in [6, 6.07) is 22.7. The largest absolute Gasteiger partial charge is 1.00 e. The molecule has 1 unspecified atom stereocenters.